The van der Waals surface area contributed by atoms with Crippen LogP contribution >= 0.6 is 0 Å². The predicted octanol–water partition coefficient (Wildman–Crippen LogP) is 4.14. The number of hydrogen-bond acceptors (Lipinski definition) is 7. The second-order valence-corrected chi connectivity index (χ2v) is 7.44. The minimum Gasteiger partial charge on any atom is -0.460 e. The summed E-state index contributed by atoms with van der Waals surface area (Å²) in [6, 6.07) is 8.89. The van der Waals surface area contributed by atoms with Gasteiger partial charge in [-0.1, -0.05) is 51.3 Å². The van der Waals surface area contributed by atoms with Crippen molar-refractivity contribution in [1.82, 2.24) is 0 Å². The van der Waals surface area contributed by atoms with Crippen LogP contribution in [0.4, 0.5) is 0 Å². The van der Waals surface area contributed by atoms with E-state index in [1.54, 1.807) is 24.3 Å². The zero-order valence-corrected chi connectivity index (χ0v) is 19.9. The first kappa shape index (κ1) is 28.5. The molecule has 0 N–H and O–H groups in total. The van der Waals surface area contributed by atoms with Gasteiger partial charge in [0.05, 0.1) is 65.0 Å². The lowest BCUT2D eigenvalue weighted by Gasteiger charge is -2.14. The number of carbonyl (C=O) groups is 1. The minimum atomic E-state index is -0.341. The molecule has 0 amide bonds. The van der Waals surface area contributed by atoms with Crippen LogP contribution in [0.5, 0.6) is 0 Å². The number of carbonyl (C=O) groups excluding carboxylic acids is 1. The Labute approximate surface area is 193 Å². The summed E-state index contributed by atoms with van der Waals surface area (Å²) in [5, 5.41) is 0. The molecule has 0 aliphatic rings. The topological polar surface area (TPSA) is 72.5 Å². The van der Waals surface area contributed by atoms with Crippen molar-refractivity contribution in [3.63, 3.8) is 0 Å². The van der Waals surface area contributed by atoms with E-state index in [9.17, 15) is 4.79 Å². The molecule has 1 atom stereocenters. The van der Waals surface area contributed by atoms with Crippen LogP contribution in [0, 0.1) is 5.92 Å². The van der Waals surface area contributed by atoms with E-state index in [2.05, 4.69) is 13.8 Å². The van der Waals surface area contributed by atoms with E-state index in [0.717, 1.165) is 6.61 Å². The summed E-state index contributed by atoms with van der Waals surface area (Å²) in [4.78, 5) is 11.7. The lowest BCUT2D eigenvalue weighted by Crippen LogP contribution is -2.15. The molecule has 0 saturated heterocycles. The van der Waals surface area contributed by atoms with Crippen molar-refractivity contribution < 1.29 is 33.2 Å². The Kier molecular flexibility index (Phi) is 19.0. The summed E-state index contributed by atoms with van der Waals surface area (Å²) in [5.41, 5.74) is 0.539. The molecule has 0 fully saturated rings. The fourth-order valence-electron chi connectivity index (χ4n) is 2.88. The molecule has 0 spiro atoms. The monoisotopic (exact) mass is 454 g/mol. The molecular formula is C25H42O7. The standard InChI is InChI=1S/C25H42O7/c1-3-5-9-23(4-2)22-31-19-18-29-15-14-27-12-13-28-16-17-30-20-21-32-25(26)24-10-7-6-8-11-24/h6-8,10-11,23H,3-5,9,12-22H2,1-2H3. The second-order valence-electron chi connectivity index (χ2n) is 7.44. The summed E-state index contributed by atoms with van der Waals surface area (Å²) in [6.07, 6.45) is 4.94. The quantitative estimate of drug-likeness (QED) is 0.193. The molecule has 0 saturated carbocycles. The summed E-state index contributed by atoms with van der Waals surface area (Å²) in [6.45, 7) is 10.1. The number of benzene rings is 1. The molecule has 1 aromatic carbocycles. The molecule has 0 radical (unpaired) electrons. The van der Waals surface area contributed by atoms with E-state index < -0.39 is 0 Å². The van der Waals surface area contributed by atoms with Crippen LogP contribution in [0.2, 0.25) is 0 Å². The lowest BCUT2D eigenvalue weighted by atomic mass is 10.0. The fraction of sp³-hybridized carbons (Fsp3) is 0.720. The van der Waals surface area contributed by atoms with Gasteiger partial charge in [-0.2, -0.15) is 0 Å². The molecule has 7 heteroatoms. The predicted molar refractivity (Wildman–Crippen MR) is 124 cm³/mol. The number of esters is 1. The van der Waals surface area contributed by atoms with Crippen LogP contribution < -0.4 is 0 Å². The highest BCUT2D eigenvalue weighted by atomic mass is 16.6. The first-order valence-corrected chi connectivity index (χ1v) is 11.9. The molecule has 1 rings (SSSR count). The van der Waals surface area contributed by atoms with Crippen LogP contribution in [0.25, 0.3) is 0 Å². The van der Waals surface area contributed by atoms with Gasteiger partial charge in [0.2, 0.25) is 0 Å². The Morgan fingerprint density at radius 3 is 1.72 bits per heavy atom. The largest absolute Gasteiger partial charge is 0.460 e. The SMILES string of the molecule is CCCCC(CC)COCCOCCOCCOCCOCCOC(=O)c1ccccc1. The van der Waals surface area contributed by atoms with E-state index in [1.165, 1.54) is 25.7 Å². The molecule has 0 heterocycles. The first-order valence-electron chi connectivity index (χ1n) is 11.9. The maximum atomic E-state index is 11.7. The number of hydrogen-bond donors (Lipinski definition) is 0. The third kappa shape index (κ3) is 16.2. The second kappa shape index (κ2) is 21.3. The van der Waals surface area contributed by atoms with Crippen LogP contribution in [-0.2, 0) is 28.4 Å². The average Bonchev–Trinajstić information content (AvgIpc) is 2.83. The Morgan fingerprint density at radius 1 is 0.719 bits per heavy atom. The highest BCUT2D eigenvalue weighted by Crippen LogP contribution is 2.12. The normalized spacial score (nSPS) is 12.1. The van der Waals surface area contributed by atoms with Crippen LogP contribution in [0.1, 0.15) is 49.9 Å². The number of ether oxygens (including phenoxy) is 6. The van der Waals surface area contributed by atoms with Crippen molar-refractivity contribution in [3.05, 3.63) is 35.9 Å². The van der Waals surface area contributed by atoms with Crippen LogP contribution in [-0.4, -0.2) is 78.6 Å². The van der Waals surface area contributed by atoms with Gasteiger partial charge in [0.15, 0.2) is 0 Å². The lowest BCUT2D eigenvalue weighted by molar-refractivity contribution is -0.0173. The molecule has 0 aliphatic heterocycles. The van der Waals surface area contributed by atoms with Crippen molar-refractivity contribution in [2.24, 2.45) is 5.92 Å². The van der Waals surface area contributed by atoms with Gasteiger partial charge in [0.1, 0.15) is 6.61 Å². The van der Waals surface area contributed by atoms with Gasteiger partial charge in [-0.3, -0.25) is 0 Å². The summed E-state index contributed by atoms with van der Waals surface area (Å²) in [5.74, 6) is 0.326. The molecule has 184 valence electrons. The molecule has 1 aromatic rings. The van der Waals surface area contributed by atoms with Gasteiger partial charge in [0.25, 0.3) is 0 Å². The average molecular weight is 455 g/mol. The van der Waals surface area contributed by atoms with Crippen molar-refractivity contribution in [3.8, 4) is 0 Å². The van der Waals surface area contributed by atoms with Gasteiger partial charge in [-0.15, -0.1) is 0 Å². The number of unbranched alkanes of at least 4 members (excludes halogenated alkanes) is 1. The zero-order chi connectivity index (χ0) is 23.1. The smallest absolute Gasteiger partial charge is 0.338 e. The third-order valence-electron chi connectivity index (χ3n) is 4.86. The first-order chi connectivity index (χ1) is 15.8. The molecule has 7 nitrogen and oxygen atoms in total. The molecule has 0 aliphatic carbocycles. The van der Waals surface area contributed by atoms with Crippen LogP contribution in [0.3, 0.4) is 0 Å². The van der Waals surface area contributed by atoms with E-state index >= 15 is 0 Å². The highest BCUT2D eigenvalue weighted by Gasteiger charge is 2.06. The van der Waals surface area contributed by atoms with Crippen molar-refractivity contribution >= 4 is 5.97 Å². The Bertz CT molecular complexity index is 538. The third-order valence-corrected chi connectivity index (χ3v) is 4.86. The van der Waals surface area contributed by atoms with Crippen molar-refractivity contribution in [1.29, 1.82) is 0 Å². The highest BCUT2D eigenvalue weighted by molar-refractivity contribution is 5.89. The Hall–Kier alpha value is -1.51. The van der Waals surface area contributed by atoms with E-state index in [-0.39, 0.29) is 12.6 Å². The summed E-state index contributed by atoms with van der Waals surface area (Å²) < 4.78 is 32.6. The van der Waals surface area contributed by atoms with Gasteiger partial charge in [-0.05, 0) is 24.5 Å². The Morgan fingerprint density at radius 2 is 1.22 bits per heavy atom. The van der Waals surface area contributed by atoms with Gasteiger partial charge in [-0.25, -0.2) is 4.79 Å². The molecule has 0 aromatic heterocycles. The maximum Gasteiger partial charge on any atom is 0.338 e. The zero-order valence-electron chi connectivity index (χ0n) is 19.9. The van der Waals surface area contributed by atoms with Gasteiger partial charge in [0, 0.05) is 6.61 Å². The van der Waals surface area contributed by atoms with Crippen LogP contribution in [0.15, 0.2) is 30.3 Å². The number of rotatable bonds is 22. The molecule has 1 unspecified atom stereocenters. The Balaban J connectivity index is 1.76. The fourth-order valence-corrected chi connectivity index (χ4v) is 2.88. The van der Waals surface area contributed by atoms with Crippen molar-refractivity contribution in [2.75, 3.05) is 72.7 Å². The van der Waals surface area contributed by atoms with E-state index in [1.807, 2.05) is 6.07 Å². The van der Waals surface area contributed by atoms with Gasteiger partial charge >= 0.3 is 5.97 Å². The van der Waals surface area contributed by atoms with E-state index in [4.69, 9.17) is 28.4 Å². The maximum absolute atomic E-state index is 11.7. The minimum absolute atomic E-state index is 0.222. The summed E-state index contributed by atoms with van der Waals surface area (Å²) in [7, 11) is 0. The molecular weight excluding hydrogens is 412 g/mol. The molecule has 32 heavy (non-hydrogen) atoms. The summed E-state index contributed by atoms with van der Waals surface area (Å²) >= 11 is 0. The van der Waals surface area contributed by atoms with Crippen molar-refractivity contribution in [2.45, 2.75) is 39.5 Å². The van der Waals surface area contributed by atoms with Gasteiger partial charge < -0.3 is 28.4 Å². The van der Waals surface area contributed by atoms with E-state index in [0.29, 0.717) is 70.9 Å². The molecule has 0 bridgehead atoms.